The first-order valence-electron chi connectivity index (χ1n) is 23.9. The largest absolute Gasteiger partial charge is 0.744 e. The minimum absolute atomic E-state index is 0. The molecule has 0 aromatic heterocycles. The molecule has 5 radical (unpaired) electrons. The molecule has 17 nitrogen and oxygen atoms in total. The Morgan fingerprint density at radius 3 is 2.20 bits per heavy atom. The number of unbranched alkanes of at least 4 members (excludes halogenated alkanes) is 2. The number of carbonyl (C=O) groups excluding carboxylic acids is 1. The number of carbonyl (C=O) groups is 3. The molecule has 0 bridgehead atoms. The molecule has 0 unspecified atom stereocenters. The third kappa shape index (κ3) is 17.0. The van der Waals surface area contributed by atoms with Crippen molar-refractivity contribution in [3.63, 3.8) is 0 Å². The number of hydrogen-bond acceptors (Lipinski definition) is 14. The number of benzene rings is 5. The van der Waals surface area contributed by atoms with Crippen molar-refractivity contribution in [2.45, 2.75) is 87.5 Å². The molecule has 8 rings (SSSR count). The fourth-order valence-electron chi connectivity index (χ4n) is 10.1. The zero-order valence-electron chi connectivity index (χ0n) is 45.9. The number of carboxylic acid groups (broad SMARTS) is 2. The number of fused-ring (bicyclic) bond motifs is 4. The molecule has 0 saturated heterocycles. The van der Waals surface area contributed by atoms with Crippen molar-refractivity contribution in [2.75, 3.05) is 18.0 Å². The maximum absolute atomic E-state index is 13.4. The number of aromatic hydroxyl groups is 1. The molecule has 0 spiro atoms. The van der Waals surface area contributed by atoms with Crippen LogP contribution in [0.5, 0.6) is 5.75 Å². The van der Waals surface area contributed by atoms with Crippen LogP contribution in [0.1, 0.15) is 97.7 Å². The minimum atomic E-state index is -4.87. The Bertz CT molecular complexity index is 3550. The number of hydrogen-bond donors (Lipinski definition) is 4. The number of nitrogens with zero attached hydrogens (tertiary/aromatic N) is 2. The number of likely N-dealkylation sites (N-methyl/N-ethyl adjacent to an activating group) is 1. The maximum Gasteiger partial charge on any atom is 0.336 e. The number of aromatic carboxylic acids is 2. The van der Waals surface area contributed by atoms with Crippen molar-refractivity contribution in [1.82, 2.24) is 5.32 Å². The van der Waals surface area contributed by atoms with Gasteiger partial charge in [-0.3, -0.25) is 14.6 Å². The molecular weight excluding hydrogens is 1480 g/mol. The average molecular weight is 1540 g/mol. The molecule has 1 amide bonds. The Morgan fingerprint density at radius 2 is 1.55 bits per heavy atom. The zero-order chi connectivity index (χ0) is 55.3. The standard InChI is InChI=1S/C55H53N3O14S2.CH2F.CH3.5Y/c1-6-57-42-25-21-34(73-72-71-66)30-41(42)55(4,5)46(57)16-9-7-10-17-47-54(2,3)40-14-13-15-45(74(67,68)69)50(40)58(47)27-12-8-11-18-48(61)56-31-39-43(60)26-24-37-49(36-23-20-33(59)29-44(36)70-51(37)39)35-22-19-32(52(62)63)28-38(35)53(64)65;1-2;;;;;;/h7,9-10,13-17,19-26,28-30H,6,8,11-12,18,27,31H2,1-5H3,(H5-,56,60,61,62,63,64,65,66,67,68,69);1H2;1H3;;;;;/q;2*-1;;;;;/p-1. The summed E-state index contributed by atoms with van der Waals surface area (Å²) in [7, 11) is -3.12. The van der Waals surface area contributed by atoms with Crippen LogP contribution in [0, 0.1) is 14.6 Å². The van der Waals surface area contributed by atoms with Gasteiger partial charge in [0.2, 0.25) is 11.6 Å². The van der Waals surface area contributed by atoms with E-state index in [4.69, 9.17) is 4.42 Å². The van der Waals surface area contributed by atoms with Gasteiger partial charge in [-0.05, 0) is 111 Å². The van der Waals surface area contributed by atoms with Crippen LogP contribution in [0.25, 0.3) is 33.4 Å². The van der Waals surface area contributed by atoms with E-state index in [1.807, 2.05) is 73.1 Å². The van der Waals surface area contributed by atoms with Crippen LogP contribution >= 0.6 is 12.0 Å². The van der Waals surface area contributed by atoms with Crippen molar-refractivity contribution >= 4 is 68.1 Å². The van der Waals surface area contributed by atoms with Crippen LogP contribution in [0.2, 0.25) is 0 Å². The fourth-order valence-corrected chi connectivity index (χ4v) is 11.2. The van der Waals surface area contributed by atoms with Crippen LogP contribution in [0.15, 0.2) is 140 Å². The fraction of sp³-hybridized carbons (Fsp3) is 0.246. The molecule has 0 fully saturated rings. The van der Waals surface area contributed by atoms with E-state index in [0.717, 1.165) is 45.7 Å². The molecule has 25 heteroatoms. The van der Waals surface area contributed by atoms with Gasteiger partial charge in [-0.2, -0.15) is 16.1 Å². The Hall–Kier alpha value is -1.94. The Morgan fingerprint density at radius 1 is 0.854 bits per heavy atom. The van der Waals surface area contributed by atoms with Gasteiger partial charge in [0, 0.05) is 239 Å². The maximum atomic E-state index is 13.4. The summed E-state index contributed by atoms with van der Waals surface area (Å²) in [5.41, 5.74) is 3.91. The summed E-state index contributed by atoms with van der Waals surface area (Å²) in [5, 5.41) is 48.0. The molecule has 4 N–H and O–H groups in total. The van der Waals surface area contributed by atoms with E-state index < -0.39 is 38.3 Å². The summed E-state index contributed by atoms with van der Waals surface area (Å²) in [6, 6.07) is 21.1. The van der Waals surface area contributed by atoms with Crippen LogP contribution in [-0.2, 0) is 205 Å². The Kier molecular flexibility index (Phi) is 32.4. The first-order valence-corrected chi connectivity index (χ1v) is 26.0. The number of anilines is 1. The van der Waals surface area contributed by atoms with Crippen molar-refractivity contribution in [1.29, 1.82) is 0 Å². The second kappa shape index (κ2) is 34.0. The number of rotatable bonds is 19. The second-order valence-electron chi connectivity index (χ2n) is 18.9. The molecule has 0 saturated carbocycles. The second-order valence-corrected chi connectivity index (χ2v) is 21.0. The summed E-state index contributed by atoms with van der Waals surface area (Å²) >= 11 is 0.837. The van der Waals surface area contributed by atoms with Gasteiger partial charge in [0.1, 0.15) is 38.7 Å². The van der Waals surface area contributed by atoms with Gasteiger partial charge in [-0.1, -0.05) is 50.3 Å². The van der Waals surface area contributed by atoms with Gasteiger partial charge in [0.15, 0.2) is 11.1 Å². The van der Waals surface area contributed by atoms with Crippen LogP contribution < -0.4 is 20.9 Å². The van der Waals surface area contributed by atoms with E-state index in [9.17, 15) is 57.1 Å². The number of nitrogens with one attached hydrogen (secondary N) is 1. The summed E-state index contributed by atoms with van der Waals surface area (Å²) < 4.78 is 59.9. The van der Waals surface area contributed by atoms with Crippen LogP contribution in [-0.4, -0.2) is 69.5 Å². The number of para-hydroxylation sites is 1. The summed E-state index contributed by atoms with van der Waals surface area (Å²) in [6.45, 7) is 11.1. The number of phenols is 1. The van der Waals surface area contributed by atoms with Gasteiger partial charge < -0.3 is 51.6 Å². The van der Waals surface area contributed by atoms with Crippen LogP contribution in [0.4, 0.5) is 15.8 Å². The van der Waals surface area contributed by atoms with E-state index in [2.05, 4.69) is 40.4 Å². The smallest absolute Gasteiger partial charge is 0.336 e. The number of carboxylic acids is 2. The van der Waals surface area contributed by atoms with Crippen LogP contribution in [0.3, 0.4) is 0 Å². The zero-order valence-corrected chi connectivity index (χ0v) is 61.8. The molecule has 1 aliphatic carbocycles. The molecule has 421 valence electrons. The molecule has 0 atom stereocenters. The number of halogens is 1. The molecule has 3 aliphatic heterocycles. The third-order valence-electron chi connectivity index (χ3n) is 13.7. The molecule has 4 aliphatic rings. The molecular formula is C57H57FN3O14S2Y5-3. The Labute approximate surface area is 606 Å². The van der Waals surface area contributed by atoms with Gasteiger partial charge in [-0.15, -0.1) is 0 Å². The Balaban J connectivity index is 0.00000416. The molecule has 4 aromatic carbocycles. The minimum Gasteiger partial charge on any atom is -0.744 e. The summed E-state index contributed by atoms with van der Waals surface area (Å²) in [6.07, 6.45) is 11.2. The van der Waals surface area contributed by atoms with Gasteiger partial charge >= 0.3 is 11.9 Å². The predicted molar refractivity (Wildman–Crippen MR) is 287 cm³/mol. The van der Waals surface area contributed by atoms with Crippen molar-refractivity contribution in [3.05, 3.63) is 174 Å². The average Bonchev–Trinajstić information content (AvgIpc) is 3.74. The first kappa shape index (κ1) is 78.1. The van der Waals surface area contributed by atoms with E-state index in [-0.39, 0.29) is 234 Å². The van der Waals surface area contributed by atoms with Crippen molar-refractivity contribution < 1.29 is 234 Å². The molecule has 4 aromatic rings. The van der Waals surface area contributed by atoms with Gasteiger partial charge in [-0.25, -0.2) is 18.0 Å². The number of amides is 1. The predicted octanol–water partition coefficient (Wildman–Crippen LogP) is 10.1. The quantitative estimate of drug-likeness (QED) is 0.00677. The first-order chi connectivity index (χ1) is 36.2. The van der Waals surface area contributed by atoms with Gasteiger partial charge in [0.25, 0.3) is 0 Å². The number of allylic oxidation sites excluding steroid dienone is 6. The van der Waals surface area contributed by atoms with Crippen molar-refractivity contribution in [2.24, 2.45) is 0 Å². The number of phenolic OH excluding ortho intramolecular Hbond substituents is 1. The van der Waals surface area contributed by atoms with Crippen molar-refractivity contribution in [3.8, 4) is 28.2 Å². The third-order valence-corrected chi connectivity index (χ3v) is 15.1. The normalized spacial score (nSPS) is 14.1. The van der Waals surface area contributed by atoms with E-state index in [0.29, 0.717) is 60.1 Å². The molecule has 3 heterocycles. The monoisotopic (exact) mass is 1530 g/mol. The SMILES string of the molecule is CCN1C(=CC=CC=CC2=[N+](CCCCCC(=O)NCc3c(O)ccc4c(-c5ccc(C(=O)O)cc5C(=O)O)c5ccc(=O)cc-5oc34)c3c(cccc3S(=O)(=O)[O-])C2(C)C)C(C)(C)c2cc(SOO[O-])ccc21.[CH2-]F.[CH3-].[Y].[Y].[Y].[Y].[Y]. The van der Waals surface area contributed by atoms with Gasteiger partial charge in [0.05, 0.1) is 40.7 Å². The van der Waals surface area contributed by atoms with E-state index in [1.54, 1.807) is 13.2 Å². The summed E-state index contributed by atoms with van der Waals surface area (Å²) in [4.78, 5) is 52.8. The molecule has 82 heavy (non-hydrogen) atoms. The summed E-state index contributed by atoms with van der Waals surface area (Å²) in [5.74, 6) is -3.24. The van der Waals surface area contributed by atoms with E-state index in [1.165, 1.54) is 48.5 Å². The van der Waals surface area contributed by atoms with E-state index >= 15 is 0 Å². The topological polar surface area (TPSA) is 259 Å².